The Morgan fingerprint density at radius 3 is 2.74 bits per heavy atom. The zero-order chi connectivity index (χ0) is 24.9. The quantitative estimate of drug-likeness (QED) is 0.533. The number of rotatable bonds is 9. The van der Waals surface area contributed by atoms with E-state index in [4.69, 9.17) is 9.84 Å². The molecule has 2 amide bonds. The maximum absolute atomic E-state index is 13.6. The number of aryl methyl sites for hydroxylation is 2. The van der Waals surface area contributed by atoms with Crippen LogP contribution in [0.4, 0.5) is 4.79 Å². The molecule has 1 saturated heterocycles. The number of alkyl carbamates (subject to hydrolysis) is 1. The highest BCUT2D eigenvalue weighted by molar-refractivity contribution is 5.82. The van der Waals surface area contributed by atoms with E-state index in [0.29, 0.717) is 6.54 Å². The Hall–Kier alpha value is -2.87. The fraction of sp³-hybridized carbons (Fsp3) is 0.593. The summed E-state index contributed by atoms with van der Waals surface area (Å²) in [6, 6.07) is 10.5. The molecule has 190 valence electrons. The van der Waals surface area contributed by atoms with Crippen LogP contribution in [0.5, 0.6) is 0 Å². The van der Waals surface area contributed by atoms with E-state index in [-0.39, 0.29) is 30.2 Å². The molecule has 8 heteroatoms. The summed E-state index contributed by atoms with van der Waals surface area (Å²) in [6.07, 6.45) is 5.71. The lowest BCUT2D eigenvalue weighted by Gasteiger charge is -2.35. The molecule has 3 atom stereocenters. The number of ether oxygens (including phenoxy) is 2. The second-order valence-corrected chi connectivity index (χ2v) is 9.85. The van der Waals surface area contributed by atoms with Crippen LogP contribution in [0.2, 0.25) is 0 Å². The van der Waals surface area contributed by atoms with Gasteiger partial charge in [-0.15, -0.1) is 0 Å². The van der Waals surface area contributed by atoms with E-state index in [1.165, 1.54) is 7.11 Å². The van der Waals surface area contributed by atoms with Crippen LogP contribution in [0.1, 0.15) is 75.4 Å². The molecule has 1 aliphatic heterocycles. The highest BCUT2D eigenvalue weighted by atomic mass is 16.5. The van der Waals surface area contributed by atoms with Crippen molar-refractivity contribution < 1.29 is 19.1 Å². The largest absolute Gasteiger partial charge is 0.453 e. The molecule has 8 nitrogen and oxygen atoms in total. The van der Waals surface area contributed by atoms with Crippen molar-refractivity contribution in [3.63, 3.8) is 0 Å². The number of methoxy groups -OCH3 is 1. The Morgan fingerprint density at radius 2 is 2.06 bits per heavy atom. The van der Waals surface area contributed by atoms with Gasteiger partial charge in [0, 0.05) is 18.3 Å². The maximum atomic E-state index is 13.6. The first-order valence-corrected chi connectivity index (χ1v) is 12.8. The van der Waals surface area contributed by atoms with E-state index < -0.39 is 6.09 Å². The second-order valence-electron chi connectivity index (χ2n) is 9.85. The summed E-state index contributed by atoms with van der Waals surface area (Å²) in [5, 5.41) is 7.73. The van der Waals surface area contributed by atoms with Crippen molar-refractivity contribution >= 4 is 12.0 Å². The highest BCUT2D eigenvalue weighted by Gasteiger charge is 2.41. The van der Waals surface area contributed by atoms with Crippen molar-refractivity contribution in [2.24, 2.45) is 0 Å². The van der Waals surface area contributed by atoms with E-state index in [1.54, 1.807) is 0 Å². The second kappa shape index (κ2) is 11.2. The number of hydrogen-bond donors (Lipinski definition) is 1. The first-order valence-electron chi connectivity index (χ1n) is 12.8. The minimum Gasteiger partial charge on any atom is -0.453 e. The maximum Gasteiger partial charge on any atom is 0.406 e. The molecule has 1 N–H and O–H groups in total. The van der Waals surface area contributed by atoms with Gasteiger partial charge in [-0.25, -0.2) is 9.48 Å². The molecule has 0 radical (unpaired) electrons. The number of benzene rings is 1. The first-order chi connectivity index (χ1) is 16.9. The summed E-state index contributed by atoms with van der Waals surface area (Å²) >= 11 is 0. The Morgan fingerprint density at radius 1 is 1.26 bits per heavy atom. The van der Waals surface area contributed by atoms with Crippen LogP contribution in [0, 0.1) is 6.92 Å². The molecule has 0 unspecified atom stereocenters. The third kappa shape index (κ3) is 6.23. The number of nitrogens with one attached hydrogen (secondary N) is 1. The number of nitrogens with zero attached hydrogens (tertiary/aromatic N) is 3. The predicted octanol–water partition coefficient (Wildman–Crippen LogP) is 4.48. The highest BCUT2D eigenvalue weighted by Crippen LogP contribution is 2.36. The number of hydrogen-bond acceptors (Lipinski definition) is 5. The molecule has 1 saturated carbocycles. The molecule has 1 aliphatic carbocycles. The lowest BCUT2D eigenvalue weighted by molar-refractivity contribution is -0.154. The van der Waals surface area contributed by atoms with Gasteiger partial charge in [0.1, 0.15) is 6.10 Å². The number of carbonyl (C=O) groups is 2. The van der Waals surface area contributed by atoms with Crippen LogP contribution in [-0.4, -0.2) is 58.6 Å². The van der Waals surface area contributed by atoms with Crippen LogP contribution in [0.15, 0.2) is 30.3 Å². The summed E-state index contributed by atoms with van der Waals surface area (Å²) in [6.45, 7) is 6.71. The first kappa shape index (κ1) is 25.2. The van der Waals surface area contributed by atoms with Crippen molar-refractivity contribution in [3.05, 3.63) is 47.3 Å². The van der Waals surface area contributed by atoms with E-state index in [9.17, 15) is 9.59 Å². The smallest absolute Gasteiger partial charge is 0.406 e. The van der Waals surface area contributed by atoms with Crippen molar-refractivity contribution in [2.75, 3.05) is 13.7 Å². The summed E-state index contributed by atoms with van der Waals surface area (Å²) in [4.78, 5) is 27.0. The Balaban J connectivity index is 1.57. The normalized spacial score (nSPS) is 20.8. The van der Waals surface area contributed by atoms with Crippen LogP contribution < -0.4 is 5.32 Å². The van der Waals surface area contributed by atoms with Crippen LogP contribution >= 0.6 is 0 Å². The number of aromatic nitrogens is 2. The van der Waals surface area contributed by atoms with Gasteiger partial charge < -0.3 is 19.7 Å². The van der Waals surface area contributed by atoms with Gasteiger partial charge in [-0.3, -0.25) is 4.79 Å². The van der Waals surface area contributed by atoms with Gasteiger partial charge in [-0.05, 0) is 89.5 Å². The van der Waals surface area contributed by atoms with Crippen molar-refractivity contribution in [1.82, 2.24) is 20.0 Å². The standard InChI is InChI=1S/C27H38N4O4/c1-18-8-5-10-22(16-18)31-23(11-7-15-28-27(33)34-4)17-24(29-31)20(3)30(21-13-14-21)26(32)25-12-6-9-19(2)35-25/h5,8,10,16-17,19-21,25H,6-7,9,11-15H2,1-4H3,(H,28,33)/t19-,20-,25-/m1/s1. The lowest BCUT2D eigenvalue weighted by atomic mass is 10.0. The third-order valence-corrected chi connectivity index (χ3v) is 6.90. The number of amides is 2. The van der Waals surface area contributed by atoms with Crippen LogP contribution in [0.25, 0.3) is 5.69 Å². The molecule has 1 aromatic heterocycles. The van der Waals surface area contributed by atoms with Gasteiger partial charge in [-0.2, -0.15) is 5.10 Å². The van der Waals surface area contributed by atoms with Gasteiger partial charge in [0.25, 0.3) is 5.91 Å². The summed E-state index contributed by atoms with van der Waals surface area (Å²) < 4.78 is 12.7. The molecular weight excluding hydrogens is 444 g/mol. The Labute approximate surface area is 208 Å². The summed E-state index contributed by atoms with van der Waals surface area (Å²) in [5.41, 5.74) is 4.08. The summed E-state index contributed by atoms with van der Waals surface area (Å²) in [5.74, 6) is 0.0977. The Kier molecular flexibility index (Phi) is 8.11. The average Bonchev–Trinajstić information content (AvgIpc) is 3.59. The minimum absolute atomic E-state index is 0.0977. The SMILES string of the molecule is COC(=O)NCCCc1cc([C@@H](C)N(C(=O)[C@H]2CCC[C@@H](C)O2)C2CC2)nn1-c1cccc(C)c1. The molecule has 35 heavy (non-hydrogen) atoms. The van der Waals surface area contributed by atoms with Gasteiger partial charge in [0.2, 0.25) is 0 Å². The van der Waals surface area contributed by atoms with Gasteiger partial charge in [0.15, 0.2) is 0 Å². The van der Waals surface area contributed by atoms with E-state index in [1.807, 2.05) is 21.7 Å². The molecule has 2 aliphatic rings. The molecule has 1 aromatic carbocycles. The topological polar surface area (TPSA) is 85.7 Å². The molecule has 0 bridgehead atoms. The molecule has 4 rings (SSSR count). The van der Waals surface area contributed by atoms with E-state index >= 15 is 0 Å². The van der Waals surface area contributed by atoms with E-state index in [2.05, 4.69) is 49.0 Å². The molecule has 2 fully saturated rings. The fourth-order valence-corrected chi connectivity index (χ4v) is 4.88. The monoisotopic (exact) mass is 482 g/mol. The zero-order valence-electron chi connectivity index (χ0n) is 21.3. The minimum atomic E-state index is -0.427. The van der Waals surface area contributed by atoms with Crippen molar-refractivity contribution in [2.45, 2.75) is 90.0 Å². The lowest BCUT2D eigenvalue weighted by Crippen LogP contribution is -2.45. The Bertz CT molecular complexity index is 1030. The molecule has 2 heterocycles. The molecule has 0 spiro atoms. The molecule has 2 aromatic rings. The zero-order valence-corrected chi connectivity index (χ0v) is 21.3. The van der Waals surface area contributed by atoms with Crippen molar-refractivity contribution in [3.8, 4) is 5.69 Å². The van der Waals surface area contributed by atoms with Gasteiger partial charge in [0.05, 0.1) is 30.6 Å². The van der Waals surface area contributed by atoms with E-state index in [0.717, 1.165) is 67.6 Å². The number of carbonyl (C=O) groups excluding carboxylic acids is 2. The van der Waals surface area contributed by atoms with Crippen molar-refractivity contribution in [1.29, 1.82) is 0 Å². The average molecular weight is 483 g/mol. The fourth-order valence-electron chi connectivity index (χ4n) is 4.88. The van der Waals surface area contributed by atoms with Crippen LogP contribution in [0.3, 0.4) is 0 Å². The predicted molar refractivity (Wildman–Crippen MR) is 133 cm³/mol. The molecular formula is C27H38N4O4. The van der Waals surface area contributed by atoms with Crippen LogP contribution in [-0.2, 0) is 20.7 Å². The van der Waals surface area contributed by atoms with Gasteiger partial charge in [-0.1, -0.05) is 12.1 Å². The third-order valence-electron chi connectivity index (χ3n) is 6.90. The van der Waals surface area contributed by atoms with Gasteiger partial charge >= 0.3 is 6.09 Å². The summed E-state index contributed by atoms with van der Waals surface area (Å²) in [7, 11) is 1.36.